The zero-order valence-corrected chi connectivity index (χ0v) is 20.9. The first-order valence-electron chi connectivity index (χ1n) is 10.1. The van der Waals surface area contributed by atoms with Crippen molar-refractivity contribution in [3.63, 3.8) is 0 Å². The van der Waals surface area contributed by atoms with Gasteiger partial charge in [0.25, 0.3) is 11.8 Å². The lowest BCUT2D eigenvalue weighted by Crippen LogP contribution is -2.71. The summed E-state index contributed by atoms with van der Waals surface area (Å²) in [4.78, 5) is 47.6. The lowest BCUT2D eigenvalue weighted by Gasteiger charge is -2.50. The van der Waals surface area contributed by atoms with Crippen molar-refractivity contribution in [3.05, 3.63) is 47.8 Å². The lowest BCUT2D eigenvalue weighted by atomic mass is 10.0. The van der Waals surface area contributed by atoms with E-state index in [9.17, 15) is 19.5 Å². The van der Waals surface area contributed by atoms with Crippen LogP contribution in [0.15, 0.2) is 47.1 Å². The van der Waals surface area contributed by atoms with Crippen molar-refractivity contribution in [1.82, 2.24) is 29.2 Å². The number of hydrogen-bond donors (Lipinski definition) is 2. The van der Waals surface area contributed by atoms with Gasteiger partial charge in [0, 0.05) is 28.9 Å². The van der Waals surface area contributed by atoms with Gasteiger partial charge in [-0.1, -0.05) is 10.3 Å². The fourth-order valence-corrected chi connectivity index (χ4v) is 5.66. The summed E-state index contributed by atoms with van der Waals surface area (Å²) in [5.41, 5.74) is 6.39. The van der Waals surface area contributed by atoms with Gasteiger partial charge in [-0.15, -0.1) is 28.7 Å². The normalized spacial score (nSPS) is 19.4. The van der Waals surface area contributed by atoms with Crippen LogP contribution in [0.5, 0.6) is 0 Å². The predicted molar refractivity (Wildman–Crippen MR) is 128 cm³/mol. The van der Waals surface area contributed by atoms with Crippen molar-refractivity contribution < 1.29 is 28.9 Å². The third-order valence-corrected chi connectivity index (χ3v) is 7.26. The first-order chi connectivity index (χ1) is 16.9. The molecule has 188 valence electrons. The number of nitrogens with one attached hydrogen (secondary N) is 1. The zero-order chi connectivity index (χ0) is 24.7. The molecule has 2 amide bonds. The summed E-state index contributed by atoms with van der Waals surface area (Å²) in [6.07, 6.45) is 5.16. The number of oxime groups is 1. The van der Waals surface area contributed by atoms with E-state index in [1.54, 1.807) is 29.2 Å². The molecule has 0 spiro atoms. The highest BCUT2D eigenvalue weighted by Gasteiger charge is 2.53. The maximum absolute atomic E-state index is 13.0. The smallest absolute Gasteiger partial charge is 0.307 e. The Labute approximate surface area is 217 Å². The quantitative estimate of drug-likeness (QED) is 0.143. The van der Waals surface area contributed by atoms with Crippen LogP contribution >= 0.6 is 35.7 Å². The summed E-state index contributed by atoms with van der Waals surface area (Å²) in [7, 11) is 1.25. The average Bonchev–Trinajstić information content (AvgIpc) is 3.46. The summed E-state index contributed by atoms with van der Waals surface area (Å²) < 4.78 is 7.43. The molecule has 0 aliphatic carbocycles. The molecule has 14 nitrogen and oxygen atoms in total. The molecule has 0 unspecified atom stereocenters. The largest absolute Gasteiger partial charge is 0.543 e. The Morgan fingerprint density at radius 1 is 1.44 bits per heavy atom. The van der Waals surface area contributed by atoms with Crippen molar-refractivity contribution >= 4 is 70.0 Å². The molecule has 5 heterocycles. The highest BCUT2D eigenvalue weighted by Crippen LogP contribution is 2.40. The van der Waals surface area contributed by atoms with Crippen molar-refractivity contribution in [2.24, 2.45) is 5.16 Å². The van der Waals surface area contributed by atoms with Gasteiger partial charge in [0.2, 0.25) is 11.5 Å². The lowest BCUT2D eigenvalue weighted by molar-refractivity contribution is -0.662. The summed E-state index contributed by atoms with van der Waals surface area (Å²) in [5, 5.41) is 22.0. The Kier molecular flexibility index (Phi) is 7.09. The number of carboxylic acid groups (broad SMARTS) is 1. The van der Waals surface area contributed by atoms with Gasteiger partial charge in [0.1, 0.15) is 31.3 Å². The molecule has 36 heavy (non-hydrogen) atoms. The van der Waals surface area contributed by atoms with Crippen LogP contribution in [0.3, 0.4) is 0 Å². The molecule has 2 aliphatic rings. The van der Waals surface area contributed by atoms with E-state index in [2.05, 4.69) is 24.9 Å². The van der Waals surface area contributed by atoms with Crippen LogP contribution in [0, 0.1) is 0 Å². The number of nitrogens with zero attached hydrogens (tertiary/aromatic N) is 7. The van der Waals surface area contributed by atoms with E-state index in [-0.39, 0.29) is 41.3 Å². The van der Waals surface area contributed by atoms with Crippen molar-refractivity contribution in [1.29, 1.82) is 0 Å². The highest BCUT2D eigenvalue weighted by molar-refractivity contribution is 8.00. The topological polar surface area (TPSA) is 184 Å². The number of aliphatic carboxylic acids is 1. The van der Waals surface area contributed by atoms with Crippen molar-refractivity contribution in [2.45, 2.75) is 18.0 Å². The average molecular weight is 552 g/mol. The number of nitrogen functional groups attached to an aromatic ring is 1. The van der Waals surface area contributed by atoms with Gasteiger partial charge in [-0.3, -0.25) is 14.5 Å². The Balaban J connectivity index is 0.00000304. The number of hydrogen-bond acceptors (Lipinski definition) is 12. The summed E-state index contributed by atoms with van der Waals surface area (Å²) >= 11 is 2.21. The Bertz CT molecular complexity index is 1420. The number of β-lactam (4-membered cyclic amide) rings is 1. The number of carbonyl (C=O) groups is 3. The number of fused-ring (bicyclic) bond motifs is 2. The molecule has 1 saturated heterocycles. The molecule has 0 radical (unpaired) electrons. The number of carbonyl (C=O) groups excluding carboxylic acids is 3. The van der Waals surface area contributed by atoms with E-state index < -0.39 is 29.2 Å². The Morgan fingerprint density at radius 3 is 2.94 bits per heavy atom. The zero-order valence-electron chi connectivity index (χ0n) is 18.4. The Hall–Kier alpha value is -3.76. The van der Waals surface area contributed by atoms with E-state index in [0.29, 0.717) is 11.3 Å². The number of rotatable bonds is 7. The van der Waals surface area contributed by atoms with E-state index in [4.69, 9.17) is 10.6 Å². The molecule has 3 aromatic rings. The van der Waals surface area contributed by atoms with Gasteiger partial charge in [-0.25, -0.2) is 4.57 Å². The molecule has 5 rings (SSSR count). The molecular weight excluding hydrogens is 534 g/mol. The summed E-state index contributed by atoms with van der Waals surface area (Å²) in [5.74, 6) is -2.53. The third kappa shape index (κ3) is 4.33. The van der Waals surface area contributed by atoms with E-state index in [1.807, 2.05) is 10.6 Å². The van der Waals surface area contributed by atoms with Crippen LogP contribution in [0.1, 0.15) is 5.82 Å². The number of nitrogens with two attached hydrogens (primary N) is 1. The first kappa shape index (κ1) is 25.3. The van der Waals surface area contributed by atoms with Crippen LogP contribution in [0.2, 0.25) is 0 Å². The fraction of sp³-hybridized carbons (Fsp3) is 0.263. The van der Waals surface area contributed by atoms with Crippen molar-refractivity contribution in [2.75, 3.05) is 18.6 Å². The minimum absolute atomic E-state index is 0. The molecule has 17 heteroatoms. The summed E-state index contributed by atoms with van der Waals surface area (Å²) in [6, 6.07) is 2.64. The fourth-order valence-electron chi connectivity index (χ4n) is 3.89. The standard InChI is InChI=1S/C19H17N9O5S2.ClH/c1-33-24-11(14-23-19(20)35-25-14)15(29)22-12-16(30)28-13(18(31)32)9(8-34-17(12)28)7-26-5-6-27-10(26)3-2-4-21-27;/h2-6,12,17H,7-8H2,1H3,(H3-,20,22,23,25,29,31,32);1H/b24-11-;/t12-,17-;/m0./s1. The second-order valence-corrected chi connectivity index (χ2v) is 9.32. The van der Waals surface area contributed by atoms with Crippen molar-refractivity contribution in [3.8, 4) is 0 Å². The molecule has 3 aromatic heterocycles. The molecule has 3 N–H and O–H groups in total. The molecule has 2 atom stereocenters. The number of amides is 2. The second kappa shape index (κ2) is 10.1. The Morgan fingerprint density at radius 2 is 2.25 bits per heavy atom. The van der Waals surface area contributed by atoms with Crippen LogP contribution < -0.4 is 20.7 Å². The number of thioether (sulfide) groups is 1. The van der Waals surface area contributed by atoms with Gasteiger partial charge in [0.15, 0.2) is 11.3 Å². The monoisotopic (exact) mass is 551 g/mol. The number of aromatic nitrogens is 5. The van der Waals surface area contributed by atoms with E-state index in [1.165, 1.54) is 18.9 Å². The van der Waals surface area contributed by atoms with E-state index >= 15 is 0 Å². The van der Waals surface area contributed by atoms with Crippen LogP contribution in [0.25, 0.3) is 5.65 Å². The maximum Gasteiger partial charge on any atom is 0.307 e. The van der Waals surface area contributed by atoms with E-state index in [0.717, 1.165) is 22.1 Å². The minimum Gasteiger partial charge on any atom is -0.543 e. The van der Waals surface area contributed by atoms with Gasteiger partial charge >= 0.3 is 5.65 Å². The predicted octanol–water partition coefficient (Wildman–Crippen LogP) is -2.07. The molecule has 0 saturated carbocycles. The number of anilines is 1. The van der Waals surface area contributed by atoms with Crippen LogP contribution in [-0.4, -0.2) is 71.6 Å². The maximum atomic E-state index is 13.0. The molecule has 0 aromatic carbocycles. The van der Waals surface area contributed by atoms with Gasteiger partial charge < -0.3 is 25.8 Å². The first-order valence-corrected chi connectivity index (χ1v) is 11.9. The SMILES string of the molecule is CO/N=C(\C(=O)N[C@H]1C(=O)N2C(C(=O)[O-])=C(C[n+]3ccn4ncccc43)CS[C@@H]12)c1nsc(N)n1.Cl. The minimum atomic E-state index is -1.46. The molecule has 1 fully saturated rings. The van der Waals surface area contributed by atoms with Gasteiger partial charge in [-0.2, -0.15) is 9.36 Å². The third-order valence-electron chi connectivity index (χ3n) is 5.38. The number of carboxylic acids is 1. The molecule has 2 aliphatic heterocycles. The molecular formula is C19H18ClN9O5S2. The van der Waals surface area contributed by atoms with Gasteiger partial charge in [0.05, 0.1) is 17.9 Å². The summed E-state index contributed by atoms with van der Waals surface area (Å²) in [6.45, 7) is 0.230. The molecule has 0 bridgehead atoms. The van der Waals surface area contributed by atoms with Gasteiger partial charge in [-0.05, 0) is 6.07 Å². The second-order valence-electron chi connectivity index (χ2n) is 7.43. The number of imidazole rings is 1. The number of halogens is 1. The van der Waals surface area contributed by atoms with Crippen LogP contribution in [0.4, 0.5) is 5.13 Å². The highest BCUT2D eigenvalue weighted by atomic mass is 35.5. The van der Waals surface area contributed by atoms with Crippen LogP contribution in [-0.2, 0) is 25.8 Å².